The summed E-state index contributed by atoms with van der Waals surface area (Å²) in [6.07, 6.45) is 4.37. The molecular formula is C30H28N2O5S. The highest BCUT2D eigenvalue weighted by Gasteiger charge is 2.34. The third-order valence-electron chi connectivity index (χ3n) is 6.36. The van der Waals surface area contributed by atoms with Gasteiger partial charge < -0.3 is 15.7 Å². The van der Waals surface area contributed by atoms with Gasteiger partial charge >= 0.3 is 5.97 Å². The Morgan fingerprint density at radius 3 is 1.97 bits per heavy atom. The lowest BCUT2D eigenvalue weighted by molar-refractivity contribution is -0.146. The molecule has 0 radical (unpaired) electrons. The molecule has 1 aliphatic carbocycles. The van der Waals surface area contributed by atoms with Crippen molar-refractivity contribution in [3.63, 3.8) is 0 Å². The first-order valence-corrected chi connectivity index (χ1v) is 13.1. The molecule has 7 nitrogen and oxygen atoms in total. The van der Waals surface area contributed by atoms with Crippen molar-refractivity contribution in [2.24, 2.45) is 11.8 Å². The zero-order valence-electron chi connectivity index (χ0n) is 20.8. The summed E-state index contributed by atoms with van der Waals surface area (Å²) in [5, 5.41) is 14.7. The van der Waals surface area contributed by atoms with Crippen LogP contribution in [0.1, 0.15) is 40.9 Å². The molecule has 3 atom stereocenters. The standard InChI is InChI=1S/C30H28N2O5S/c1-19(33)20-11-13-22(14-12-20)32-29(35)27(21-7-3-2-4-8-21)38-24-17-15-23(16-18-24)31-28(34)25-9-5-6-10-26(25)30(36)37/h2-8,11-18,25-27H,9-10H2,1H3,(H,31,34)(H,32,35)(H,36,37)/t25-,26+,27+/m0/s1. The molecule has 1 aliphatic rings. The van der Waals surface area contributed by atoms with Crippen LogP contribution in [-0.2, 0) is 14.4 Å². The summed E-state index contributed by atoms with van der Waals surface area (Å²) in [5.74, 6) is -2.90. The van der Waals surface area contributed by atoms with E-state index in [0.717, 1.165) is 10.5 Å². The van der Waals surface area contributed by atoms with Gasteiger partial charge in [-0.2, -0.15) is 0 Å². The van der Waals surface area contributed by atoms with Crippen LogP contribution in [0, 0.1) is 11.8 Å². The summed E-state index contributed by atoms with van der Waals surface area (Å²) in [5.41, 5.74) is 2.56. The van der Waals surface area contributed by atoms with Crippen LogP contribution in [0.3, 0.4) is 0 Å². The number of hydrogen-bond acceptors (Lipinski definition) is 5. The van der Waals surface area contributed by atoms with Crippen LogP contribution in [-0.4, -0.2) is 28.7 Å². The van der Waals surface area contributed by atoms with Gasteiger partial charge in [-0.05, 0) is 73.9 Å². The average Bonchev–Trinajstić information content (AvgIpc) is 2.93. The van der Waals surface area contributed by atoms with E-state index in [2.05, 4.69) is 10.6 Å². The Labute approximate surface area is 225 Å². The van der Waals surface area contributed by atoms with Gasteiger partial charge in [0.15, 0.2) is 5.78 Å². The van der Waals surface area contributed by atoms with E-state index in [1.807, 2.05) is 48.5 Å². The van der Waals surface area contributed by atoms with E-state index in [-0.39, 0.29) is 17.6 Å². The van der Waals surface area contributed by atoms with Gasteiger partial charge in [0.25, 0.3) is 0 Å². The zero-order valence-corrected chi connectivity index (χ0v) is 21.6. The topological polar surface area (TPSA) is 113 Å². The molecule has 0 aliphatic heterocycles. The van der Waals surface area contributed by atoms with E-state index in [1.54, 1.807) is 42.5 Å². The molecule has 3 aromatic rings. The molecule has 8 heteroatoms. The fraction of sp³-hybridized carbons (Fsp3) is 0.200. The summed E-state index contributed by atoms with van der Waals surface area (Å²) in [7, 11) is 0. The second-order valence-electron chi connectivity index (χ2n) is 9.04. The molecular weight excluding hydrogens is 500 g/mol. The monoisotopic (exact) mass is 528 g/mol. The van der Waals surface area contributed by atoms with E-state index in [9.17, 15) is 24.3 Å². The summed E-state index contributed by atoms with van der Waals surface area (Å²) < 4.78 is 0. The highest BCUT2D eigenvalue weighted by molar-refractivity contribution is 8.00. The molecule has 0 bridgehead atoms. The second-order valence-corrected chi connectivity index (χ2v) is 10.2. The number of hydrogen-bond donors (Lipinski definition) is 3. The van der Waals surface area contributed by atoms with Gasteiger partial charge in [0.05, 0.1) is 11.8 Å². The third-order valence-corrected chi connectivity index (χ3v) is 7.63. The number of nitrogens with one attached hydrogen (secondary N) is 2. The van der Waals surface area contributed by atoms with E-state index in [1.165, 1.54) is 18.7 Å². The number of carboxylic acids is 1. The molecule has 0 unspecified atom stereocenters. The van der Waals surface area contributed by atoms with Crippen molar-refractivity contribution < 1.29 is 24.3 Å². The molecule has 0 saturated heterocycles. The Bertz CT molecular complexity index is 1340. The number of thioether (sulfide) groups is 1. The number of aliphatic carboxylic acids is 1. The number of carbonyl (C=O) groups excluding carboxylic acids is 3. The highest BCUT2D eigenvalue weighted by atomic mass is 32.2. The van der Waals surface area contributed by atoms with Gasteiger partial charge in [-0.25, -0.2) is 0 Å². The minimum Gasteiger partial charge on any atom is -0.481 e. The van der Waals surface area contributed by atoms with Gasteiger partial charge in [-0.1, -0.05) is 42.5 Å². The second kappa shape index (κ2) is 12.4. The Hall–Kier alpha value is -4.17. The lowest BCUT2D eigenvalue weighted by Crippen LogP contribution is -2.34. The molecule has 3 N–H and O–H groups in total. The Balaban J connectivity index is 1.46. The number of allylic oxidation sites excluding steroid dienone is 2. The molecule has 38 heavy (non-hydrogen) atoms. The summed E-state index contributed by atoms with van der Waals surface area (Å²) in [6.45, 7) is 1.49. The lowest BCUT2D eigenvalue weighted by Gasteiger charge is -2.24. The van der Waals surface area contributed by atoms with Crippen molar-refractivity contribution in [2.75, 3.05) is 10.6 Å². The van der Waals surface area contributed by atoms with E-state index >= 15 is 0 Å². The average molecular weight is 529 g/mol. The maximum absolute atomic E-state index is 13.3. The van der Waals surface area contributed by atoms with E-state index in [4.69, 9.17) is 0 Å². The van der Waals surface area contributed by atoms with E-state index < -0.39 is 23.1 Å². The zero-order chi connectivity index (χ0) is 27.1. The maximum atomic E-state index is 13.3. The number of carboxylic acid groups (broad SMARTS) is 1. The van der Waals surface area contributed by atoms with Crippen LogP contribution in [0.15, 0.2) is 95.9 Å². The number of rotatable bonds is 9. The Morgan fingerprint density at radius 2 is 1.37 bits per heavy atom. The first-order valence-electron chi connectivity index (χ1n) is 12.2. The molecule has 194 valence electrons. The van der Waals surface area contributed by atoms with Crippen molar-refractivity contribution in [3.05, 3.63) is 102 Å². The fourth-order valence-corrected chi connectivity index (χ4v) is 5.29. The Morgan fingerprint density at radius 1 is 0.789 bits per heavy atom. The lowest BCUT2D eigenvalue weighted by atomic mass is 9.82. The number of Topliss-reactive ketones (excluding diaryl/α,β-unsaturated/α-hetero) is 1. The number of amides is 2. The normalized spacial score (nSPS) is 17.3. The van der Waals surface area contributed by atoms with Crippen LogP contribution in [0.25, 0.3) is 0 Å². The number of anilines is 2. The van der Waals surface area contributed by atoms with Crippen LogP contribution >= 0.6 is 11.8 Å². The van der Waals surface area contributed by atoms with Gasteiger partial charge in [0, 0.05) is 21.8 Å². The first-order chi connectivity index (χ1) is 18.3. The Kier molecular flexibility index (Phi) is 8.76. The van der Waals surface area contributed by atoms with Crippen molar-refractivity contribution in [3.8, 4) is 0 Å². The van der Waals surface area contributed by atoms with Gasteiger partial charge in [-0.15, -0.1) is 11.8 Å². The molecule has 4 rings (SSSR count). The third kappa shape index (κ3) is 6.77. The van der Waals surface area contributed by atoms with E-state index in [0.29, 0.717) is 29.8 Å². The summed E-state index contributed by atoms with van der Waals surface area (Å²) in [4.78, 5) is 50.0. The predicted octanol–water partition coefficient (Wildman–Crippen LogP) is 5.97. The first kappa shape index (κ1) is 26.9. The molecule has 0 heterocycles. The molecule has 0 aromatic heterocycles. The predicted molar refractivity (Wildman–Crippen MR) is 148 cm³/mol. The van der Waals surface area contributed by atoms with Crippen molar-refractivity contribution in [1.82, 2.24) is 0 Å². The number of ketones is 1. The quantitative estimate of drug-likeness (QED) is 0.179. The van der Waals surface area contributed by atoms with Gasteiger partial charge in [-0.3, -0.25) is 19.2 Å². The molecule has 0 spiro atoms. The van der Waals surface area contributed by atoms with Crippen molar-refractivity contribution in [1.29, 1.82) is 0 Å². The molecule has 0 fully saturated rings. The smallest absolute Gasteiger partial charge is 0.307 e. The number of benzene rings is 3. The van der Waals surface area contributed by atoms with Gasteiger partial charge in [0.1, 0.15) is 5.25 Å². The van der Waals surface area contributed by atoms with Crippen molar-refractivity contribution in [2.45, 2.75) is 29.9 Å². The minimum atomic E-state index is -0.971. The molecule has 0 saturated carbocycles. The van der Waals surface area contributed by atoms with Crippen LogP contribution in [0.4, 0.5) is 11.4 Å². The SMILES string of the molecule is CC(=O)c1ccc(NC(=O)[C@H](Sc2ccc(NC(=O)[C@H]3CC=CC[C@H]3C(=O)O)cc2)c2ccccc2)cc1. The summed E-state index contributed by atoms with van der Waals surface area (Å²) >= 11 is 1.37. The fourth-order valence-electron chi connectivity index (χ4n) is 4.26. The largest absolute Gasteiger partial charge is 0.481 e. The summed E-state index contributed by atoms with van der Waals surface area (Å²) in [6, 6.07) is 23.3. The molecule has 2 amide bonds. The number of carbonyl (C=O) groups is 4. The highest BCUT2D eigenvalue weighted by Crippen LogP contribution is 2.37. The van der Waals surface area contributed by atoms with Crippen LogP contribution < -0.4 is 10.6 Å². The minimum absolute atomic E-state index is 0.0440. The van der Waals surface area contributed by atoms with Gasteiger partial charge in [0.2, 0.25) is 11.8 Å². The van der Waals surface area contributed by atoms with Crippen LogP contribution in [0.2, 0.25) is 0 Å². The molecule has 3 aromatic carbocycles. The van der Waals surface area contributed by atoms with Crippen molar-refractivity contribution >= 4 is 46.7 Å². The van der Waals surface area contributed by atoms with Crippen LogP contribution in [0.5, 0.6) is 0 Å². The maximum Gasteiger partial charge on any atom is 0.307 e.